The highest BCUT2D eigenvalue weighted by atomic mass is 127. The van der Waals surface area contributed by atoms with Gasteiger partial charge in [-0.3, -0.25) is 0 Å². The zero-order chi connectivity index (χ0) is 11.0. The highest BCUT2D eigenvalue weighted by Gasteiger charge is 2.11. The number of benzene rings is 1. The minimum Gasteiger partial charge on any atom is -0.490 e. The topological polar surface area (TPSA) is 22.1 Å². The molecule has 0 atom stereocenters. The zero-order valence-electron chi connectivity index (χ0n) is 8.25. The first-order valence-electron chi connectivity index (χ1n) is 4.49. The van der Waals surface area contributed by atoms with Crippen LogP contribution in [-0.2, 0) is 0 Å². The lowest BCUT2D eigenvalue weighted by atomic mass is 10.3. The van der Waals surface area contributed by atoms with Gasteiger partial charge in [0.2, 0.25) is 0 Å². The Kier molecular flexibility index (Phi) is 3.37. The van der Waals surface area contributed by atoms with Crippen molar-refractivity contribution in [3.05, 3.63) is 20.2 Å². The van der Waals surface area contributed by atoms with Gasteiger partial charge in [-0.15, -0.1) is 11.3 Å². The van der Waals surface area contributed by atoms with E-state index in [4.69, 9.17) is 16.3 Å². The molecule has 0 spiro atoms. The maximum Gasteiger partial charge on any atom is 0.184 e. The normalized spacial score (nSPS) is 11.3. The number of rotatable bonds is 2. The molecule has 0 saturated heterocycles. The average molecular weight is 354 g/mol. The van der Waals surface area contributed by atoms with Gasteiger partial charge in [0.1, 0.15) is 5.75 Å². The Morgan fingerprint density at radius 2 is 2.20 bits per heavy atom. The quantitative estimate of drug-likeness (QED) is 0.749. The monoisotopic (exact) mass is 353 g/mol. The predicted molar refractivity (Wildman–Crippen MR) is 73.1 cm³/mol. The molecule has 0 radical (unpaired) electrons. The first-order valence-corrected chi connectivity index (χ1v) is 6.76. The number of fused-ring (bicyclic) bond motifs is 1. The summed E-state index contributed by atoms with van der Waals surface area (Å²) in [5, 5.41) is 0. The summed E-state index contributed by atoms with van der Waals surface area (Å²) < 4.78 is 8.45. The summed E-state index contributed by atoms with van der Waals surface area (Å²) >= 11 is 9.64. The molecule has 0 saturated carbocycles. The van der Waals surface area contributed by atoms with Crippen molar-refractivity contribution in [1.82, 2.24) is 4.98 Å². The van der Waals surface area contributed by atoms with Crippen LogP contribution in [0, 0.1) is 3.57 Å². The molecule has 15 heavy (non-hydrogen) atoms. The van der Waals surface area contributed by atoms with Crippen molar-refractivity contribution in [2.45, 2.75) is 20.0 Å². The standard InChI is InChI=1S/C10H9ClINOS/c1-5(2)14-7-4-3-6-9(8(7)12)15-10(11)13-6/h3-5H,1-2H3. The third-order valence-corrected chi connectivity index (χ3v) is 4.43. The molecule has 1 heterocycles. The molecule has 80 valence electrons. The Bertz CT molecular complexity index is 497. The van der Waals surface area contributed by atoms with E-state index in [1.807, 2.05) is 26.0 Å². The first-order chi connectivity index (χ1) is 7.08. The van der Waals surface area contributed by atoms with Crippen LogP contribution < -0.4 is 4.74 Å². The number of hydrogen-bond donors (Lipinski definition) is 0. The second kappa shape index (κ2) is 4.43. The smallest absolute Gasteiger partial charge is 0.184 e. The van der Waals surface area contributed by atoms with Gasteiger partial charge in [0.05, 0.1) is 19.9 Å². The van der Waals surface area contributed by atoms with Crippen molar-refractivity contribution < 1.29 is 4.74 Å². The number of aromatic nitrogens is 1. The van der Waals surface area contributed by atoms with E-state index in [9.17, 15) is 0 Å². The van der Waals surface area contributed by atoms with Gasteiger partial charge >= 0.3 is 0 Å². The van der Waals surface area contributed by atoms with Crippen molar-refractivity contribution in [3.63, 3.8) is 0 Å². The first kappa shape index (κ1) is 11.4. The van der Waals surface area contributed by atoms with Crippen molar-refractivity contribution in [1.29, 1.82) is 0 Å². The second-order valence-corrected chi connectivity index (χ2v) is 6.02. The van der Waals surface area contributed by atoms with Gasteiger partial charge < -0.3 is 4.74 Å². The van der Waals surface area contributed by atoms with Crippen LogP contribution in [0.2, 0.25) is 4.47 Å². The Balaban J connectivity index is 2.54. The predicted octanol–water partition coefficient (Wildman–Crippen LogP) is 4.34. The summed E-state index contributed by atoms with van der Waals surface area (Å²) in [6.45, 7) is 4.03. The maximum atomic E-state index is 5.88. The molecule has 5 heteroatoms. The molecule has 1 aromatic carbocycles. The van der Waals surface area contributed by atoms with Gasteiger partial charge in [0.15, 0.2) is 4.47 Å². The third kappa shape index (κ3) is 2.37. The van der Waals surface area contributed by atoms with Crippen LogP contribution in [0.5, 0.6) is 5.75 Å². The molecular formula is C10H9ClINOS. The maximum absolute atomic E-state index is 5.88. The van der Waals surface area contributed by atoms with Gasteiger partial charge in [-0.2, -0.15) is 0 Å². The molecule has 0 fully saturated rings. The number of halogens is 2. The summed E-state index contributed by atoms with van der Waals surface area (Å²) in [5.74, 6) is 0.901. The highest BCUT2D eigenvalue weighted by Crippen LogP contribution is 2.35. The van der Waals surface area contributed by atoms with Crippen LogP contribution in [0.4, 0.5) is 0 Å². The fourth-order valence-electron chi connectivity index (χ4n) is 1.26. The summed E-state index contributed by atoms with van der Waals surface area (Å²) in [6, 6.07) is 3.89. The Morgan fingerprint density at radius 1 is 1.47 bits per heavy atom. The van der Waals surface area contributed by atoms with E-state index in [1.54, 1.807) is 0 Å². The molecule has 0 aliphatic heterocycles. The fourth-order valence-corrected chi connectivity index (χ4v) is 3.22. The average Bonchev–Trinajstić information content (AvgIpc) is 2.51. The summed E-state index contributed by atoms with van der Waals surface area (Å²) in [4.78, 5) is 4.22. The van der Waals surface area contributed by atoms with Gasteiger partial charge in [-0.25, -0.2) is 4.98 Å². The zero-order valence-corrected chi connectivity index (χ0v) is 12.0. The van der Waals surface area contributed by atoms with E-state index in [0.29, 0.717) is 4.47 Å². The highest BCUT2D eigenvalue weighted by molar-refractivity contribution is 14.1. The van der Waals surface area contributed by atoms with Crippen LogP contribution in [-0.4, -0.2) is 11.1 Å². The van der Waals surface area contributed by atoms with Crippen molar-refractivity contribution in [2.24, 2.45) is 0 Å². The summed E-state index contributed by atoms with van der Waals surface area (Å²) in [7, 11) is 0. The molecule has 0 N–H and O–H groups in total. The largest absolute Gasteiger partial charge is 0.490 e. The summed E-state index contributed by atoms with van der Waals surface area (Å²) in [5.41, 5.74) is 0.936. The third-order valence-electron chi connectivity index (χ3n) is 1.80. The number of thiazole rings is 1. The number of hydrogen-bond acceptors (Lipinski definition) is 3. The number of nitrogens with zero attached hydrogens (tertiary/aromatic N) is 1. The summed E-state index contributed by atoms with van der Waals surface area (Å²) in [6.07, 6.45) is 0.180. The van der Waals surface area contributed by atoms with Crippen LogP contribution in [0.15, 0.2) is 12.1 Å². The van der Waals surface area contributed by atoms with Crippen molar-refractivity contribution in [2.75, 3.05) is 0 Å². The van der Waals surface area contributed by atoms with E-state index < -0.39 is 0 Å². The fraction of sp³-hybridized carbons (Fsp3) is 0.300. The van der Waals surface area contributed by atoms with Gasteiger partial charge in [-0.1, -0.05) is 11.6 Å². The lowest BCUT2D eigenvalue weighted by molar-refractivity contribution is 0.241. The van der Waals surface area contributed by atoms with Gasteiger partial charge in [-0.05, 0) is 48.6 Å². The molecule has 0 bridgehead atoms. The minimum atomic E-state index is 0.180. The molecule has 2 aromatic rings. The van der Waals surface area contributed by atoms with E-state index in [-0.39, 0.29) is 6.10 Å². The van der Waals surface area contributed by atoms with Crippen LogP contribution in [0.1, 0.15) is 13.8 Å². The molecule has 0 aliphatic rings. The van der Waals surface area contributed by atoms with Crippen molar-refractivity contribution >= 4 is 55.7 Å². The molecule has 1 aromatic heterocycles. The lowest BCUT2D eigenvalue weighted by Gasteiger charge is -2.11. The van der Waals surface area contributed by atoms with E-state index >= 15 is 0 Å². The second-order valence-electron chi connectivity index (χ2n) is 3.36. The molecule has 2 nitrogen and oxygen atoms in total. The SMILES string of the molecule is CC(C)Oc1ccc2nc(Cl)sc2c1I. The minimum absolute atomic E-state index is 0.180. The molecule has 2 rings (SSSR count). The lowest BCUT2D eigenvalue weighted by Crippen LogP contribution is -2.06. The van der Waals surface area contributed by atoms with Gasteiger partial charge in [0.25, 0.3) is 0 Å². The van der Waals surface area contributed by atoms with Crippen LogP contribution in [0.25, 0.3) is 10.2 Å². The van der Waals surface area contributed by atoms with E-state index in [1.165, 1.54) is 11.3 Å². The van der Waals surface area contributed by atoms with Gasteiger partial charge in [0, 0.05) is 0 Å². The van der Waals surface area contributed by atoms with Crippen LogP contribution in [0.3, 0.4) is 0 Å². The Labute approximate surface area is 111 Å². The Morgan fingerprint density at radius 3 is 2.87 bits per heavy atom. The molecule has 0 aliphatic carbocycles. The number of ether oxygens (including phenoxy) is 1. The molecule has 0 unspecified atom stereocenters. The van der Waals surface area contributed by atoms with Crippen molar-refractivity contribution in [3.8, 4) is 5.75 Å². The molecular weight excluding hydrogens is 345 g/mol. The van der Waals surface area contributed by atoms with E-state index in [2.05, 4.69) is 27.6 Å². The van der Waals surface area contributed by atoms with E-state index in [0.717, 1.165) is 19.5 Å². The Hall–Kier alpha value is -0.0700. The molecule has 0 amide bonds. The van der Waals surface area contributed by atoms with Crippen LogP contribution >= 0.6 is 45.5 Å².